The molecule has 0 spiro atoms. The highest BCUT2D eigenvalue weighted by molar-refractivity contribution is 6.30. The van der Waals surface area contributed by atoms with Gasteiger partial charge in [-0.25, -0.2) is 0 Å². The Morgan fingerprint density at radius 1 is 1.06 bits per heavy atom. The highest BCUT2D eigenvalue weighted by Crippen LogP contribution is 2.43. The number of benzene rings is 3. The molecule has 4 rings (SSSR count). The number of primary amides is 1. The van der Waals surface area contributed by atoms with Crippen molar-refractivity contribution in [1.82, 2.24) is 4.90 Å². The molecule has 0 fully saturated rings. The Morgan fingerprint density at radius 2 is 1.79 bits per heavy atom. The van der Waals surface area contributed by atoms with Gasteiger partial charge >= 0.3 is 0 Å². The second-order valence-electron chi connectivity index (χ2n) is 8.29. The standard InChI is InChI=1S/C27H29ClN2O3/c1-32-24-16-20-13-14-30(26(27(29)31)19-8-4-3-5-9-19)23(22(20)17-25(24)33-2)12-11-18-7-6-10-21(28)15-18/h3-10,15-17,23,26H,11-14H2,1-2H3,(H2,29,31)/t23-,26?/m0/s1. The number of ether oxygens (including phenoxy) is 2. The van der Waals surface area contributed by atoms with Gasteiger partial charge in [0, 0.05) is 17.6 Å². The van der Waals surface area contributed by atoms with Crippen LogP contribution in [0.1, 0.15) is 40.8 Å². The number of carbonyl (C=O) groups is 1. The van der Waals surface area contributed by atoms with Gasteiger partial charge in [0.05, 0.1) is 14.2 Å². The molecule has 0 aromatic heterocycles. The molecule has 0 radical (unpaired) electrons. The van der Waals surface area contributed by atoms with Crippen molar-refractivity contribution in [2.24, 2.45) is 5.73 Å². The molecule has 5 nitrogen and oxygen atoms in total. The molecule has 0 saturated heterocycles. The number of carbonyl (C=O) groups excluding carboxylic acids is 1. The van der Waals surface area contributed by atoms with Crippen LogP contribution in [-0.2, 0) is 17.6 Å². The van der Waals surface area contributed by atoms with Gasteiger partial charge in [-0.15, -0.1) is 0 Å². The zero-order chi connectivity index (χ0) is 23.4. The van der Waals surface area contributed by atoms with Crippen molar-refractivity contribution >= 4 is 17.5 Å². The fourth-order valence-electron chi connectivity index (χ4n) is 4.83. The number of methoxy groups -OCH3 is 2. The number of hydrogen-bond acceptors (Lipinski definition) is 4. The fourth-order valence-corrected chi connectivity index (χ4v) is 5.04. The number of hydrogen-bond donors (Lipinski definition) is 1. The van der Waals surface area contributed by atoms with Gasteiger partial charge in [0.2, 0.25) is 5.91 Å². The first-order valence-electron chi connectivity index (χ1n) is 11.1. The Bertz CT molecular complexity index is 1120. The summed E-state index contributed by atoms with van der Waals surface area (Å²) < 4.78 is 11.1. The number of nitrogens with zero attached hydrogens (tertiary/aromatic N) is 1. The summed E-state index contributed by atoms with van der Waals surface area (Å²) in [5, 5.41) is 0.721. The lowest BCUT2D eigenvalue weighted by Crippen LogP contribution is -2.44. The molecule has 0 aliphatic carbocycles. The van der Waals surface area contributed by atoms with E-state index >= 15 is 0 Å². The number of rotatable bonds is 8. The quantitative estimate of drug-likeness (QED) is 0.502. The van der Waals surface area contributed by atoms with Crippen LogP contribution in [0.2, 0.25) is 5.02 Å². The monoisotopic (exact) mass is 464 g/mol. The Hall–Kier alpha value is -3.02. The lowest BCUT2D eigenvalue weighted by atomic mass is 9.86. The first-order valence-corrected chi connectivity index (χ1v) is 11.5. The van der Waals surface area contributed by atoms with Crippen LogP contribution < -0.4 is 15.2 Å². The van der Waals surface area contributed by atoms with Crippen molar-refractivity contribution in [2.75, 3.05) is 20.8 Å². The molecule has 2 N–H and O–H groups in total. The van der Waals surface area contributed by atoms with E-state index in [4.69, 9.17) is 26.8 Å². The lowest BCUT2D eigenvalue weighted by Gasteiger charge is -2.41. The van der Waals surface area contributed by atoms with Crippen molar-refractivity contribution in [3.63, 3.8) is 0 Å². The van der Waals surface area contributed by atoms with E-state index in [1.54, 1.807) is 14.2 Å². The van der Waals surface area contributed by atoms with E-state index in [2.05, 4.69) is 17.0 Å². The van der Waals surface area contributed by atoms with Crippen molar-refractivity contribution in [1.29, 1.82) is 0 Å². The van der Waals surface area contributed by atoms with Crippen LogP contribution in [0.5, 0.6) is 11.5 Å². The molecule has 1 unspecified atom stereocenters. The molecule has 172 valence electrons. The van der Waals surface area contributed by atoms with Crippen LogP contribution in [0, 0.1) is 0 Å². The zero-order valence-corrected chi connectivity index (χ0v) is 19.7. The summed E-state index contributed by atoms with van der Waals surface area (Å²) in [5.41, 5.74) is 10.4. The molecule has 33 heavy (non-hydrogen) atoms. The molecular weight excluding hydrogens is 436 g/mol. The van der Waals surface area contributed by atoms with Crippen LogP contribution in [0.25, 0.3) is 0 Å². The molecule has 3 aromatic rings. The maximum absolute atomic E-state index is 12.7. The molecule has 6 heteroatoms. The third-order valence-electron chi connectivity index (χ3n) is 6.36. The van der Waals surface area contributed by atoms with Gasteiger partial charge in [-0.05, 0) is 65.8 Å². The number of aryl methyl sites for hydroxylation is 1. The smallest absolute Gasteiger partial charge is 0.239 e. The van der Waals surface area contributed by atoms with Crippen LogP contribution in [0.4, 0.5) is 0 Å². The largest absolute Gasteiger partial charge is 0.493 e. The SMILES string of the molecule is COc1cc2c(cc1OC)[C@H](CCc1cccc(Cl)c1)N(C(C(N)=O)c1ccccc1)CC2. The average molecular weight is 465 g/mol. The number of amides is 1. The van der Waals surface area contributed by atoms with Crippen molar-refractivity contribution < 1.29 is 14.3 Å². The lowest BCUT2D eigenvalue weighted by molar-refractivity contribution is -0.124. The minimum absolute atomic E-state index is 0.0229. The normalized spacial score (nSPS) is 16.6. The molecule has 3 aromatic carbocycles. The number of fused-ring (bicyclic) bond motifs is 1. The third-order valence-corrected chi connectivity index (χ3v) is 6.59. The predicted octanol–water partition coefficient (Wildman–Crippen LogP) is 5.12. The molecule has 0 saturated carbocycles. The van der Waals surface area contributed by atoms with Crippen LogP contribution in [-0.4, -0.2) is 31.6 Å². The van der Waals surface area contributed by atoms with E-state index in [1.807, 2.05) is 54.6 Å². The Morgan fingerprint density at radius 3 is 2.45 bits per heavy atom. The van der Waals surface area contributed by atoms with E-state index in [0.29, 0.717) is 18.0 Å². The van der Waals surface area contributed by atoms with Gasteiger partial charge in [-0.3, -0.25) is 9.69 Å². The van der Waals surface area contributed by atoms with Gasteiger partial charge in [0.1, 0.15) is 6.04 Å². The van der Waals surface area contributed by atoms with Crippen LogP contribution in [0.15, 0.2) is 66.7 Å². The molecule has 1 aliphatic rings. The summed E-state index contributed by atoms with van der Waals surface area (Å²) >= 11 is 6.22. The van der Waals surface area contributed by atoms with Gasteiger partial charge in [0.15, 0.2) is 11.5 Å². The minimum atomic E-state index is -0.517. The first-order chi connectivity index (χ1) is 16.0. The van der Waals surface area contributed by atoms with E-state index < -0.39 is 6.04 Å². The zero-order valence-electron chi connectivity index (χ0n) is 19.0. The average Bonchev–Trinajstić information content (AvgIpc) is 2.83. The van der Waals surface area contributed by atoms with Crippen LogP contribution in [0.3, 0.4) is 0 Å². The summed E-state index contributed by atoms with van der Waals surface area (Å²) in [4.78, 5) is 15.0. The van der Waals surface area contributed by atoms with E-state index in [-0.39, 0.29) is 11.9 Å². The second kappa shape index (κ2) is 10.3. The van der Waals surface area contributed by atoms with Gasteiger partial charge in [-0.1, -0.05) is 54.1 Å². The maximum atomic E-state index is 12.7. The Labute approximate surface area is 200 Å². The summed E-state index contributed by atoms with van der Waals surface area (Å²) in [6.45, 7) is 0.713. The highest BCUT2D eigenvalue weighted by atomic mass is 35.5. The second-order valence-corrected chi connectivity index (χ2v) is 8.73. The van der Waals surface area contributed by atoms with Gasteiger partial charge in [0.25, 0.3) is 0 Å². The predicted molar refractivity (Wildman–Crippen MR) is 131 cm³/mol. The fraction of sp³-hybridized carbons (Fsp3) is 0.296. The van der Waals surface area contributed by atoms with E-state index in [9.17, 15) is 4.79 Å². The number of halogens is 1. The molecular formula is C27H29ClN2O3. The molecule has 1 heterocycles. The van der Waals surface area contributed by atoms with Gasteiger partial charge in [-0.2, -0.15) is 0 Å². The van der Waals surface area contributed by atoms with E-state index in [1.165, 1.54) is 5.56 Å². The summed E-state index contributed by atoms with van der Waals surface area (Å²) in [7, 11) is 3.29. The first kappa shape index (κ1) is 23.1. The molecule has 0 bridgehead atoms. The number of nitrogens with two attached hydrogens (primary N) is 1. The minimum Gasteiger partial charge on any atom is -0.493 e. The highest BCUT2D eigenvalue weighted by Gasteiger charge is 2.36. The van der Waals surface area contributed by atoms with Crippen LogP contribution >= 0.6 is 11.6 Å². The summed E-state index contributed by atoms with van der Waals surface area (Å²) in [6.07, 6.45) is 2.41. The summed E-state index contributed by atoms with van der Waals surface area (Å²) in [5.74, 6) is 1.05. The molecule has 2 atom stereocenters. The van der Waals surface area contributed by atoms with Crippen molar-refractivity contribution in [2.45, 2.75) is 31.3 Å². The Kier molecular flexibility index (Phi) is 7.21. The topological polar surface area (TPSA) is 64.8 Å². The van der Waals surface area contributed by atoms with Crippen molar-refractivity contribution in [3.05, 3.63) is 94.0 Å². The summed E-state index contributed by atoms with van der Waals surface area (Å²) in [6, 6.07) is 21.2. The maximum Gasteiger partial charge on any atom is 0.239 e. The van der Waals surface area contributed by atoms with Gasteiger partial charge < -0.3 is 15.2 Å². The molecule has 1 amide bonds. The third kappa shape index (κ3) is 5.00. The van der Waals surface area contributed by atoms with E-state index in [0.717, 1.165) is 41.0 Å². The Balaban J connectivity index is 1.76. The van der Waals surface area contributed by atoms with Crippen molar-refractivity contribution in [3.8, 4) is 11.5 Å². The molecule has 1 aliphatic heterocycles.